The summed E-state index contributed by atoms with van der Waals surface area (Å²) >= 11 is 0. The molecule has 0 rings (SSSR count). The Balaban J connectivity index is 5.36. The van der Waals surface area contributed by atoms with Crippen molar-refractivity contribution < 1.29 is 45.1 Å². The van der Waals surface area contributed by atoms with E-state index in [1.54, 1.807) is 0 Å². The van der Waals surface area contributed by atoms with Gasteiger partial charge in [0.2, 0.25) is 0 Å². The second kappa shape index (κ2) is 3.91. The SMILES string of the molecule is COC(=O)C(F)(F)C(F)(F)C(=O)C(F)(F)F. The number of alkyl halides is 7. The Labute approximate surface area is 83.2 Å². The number of hydrogen-bond acceptors (Lipinski definition) is 3. The third-order valence-electron chi connectivity index (χ3n) is 1.38. The van der Waals surface area contributed by atoms with Crippen LogP contribution in [0.2, 0.25) is 0 Å². The molecule has 0 heterocycles. The van der Waals surface area contributed by atoms with Crippen LogP contribution >= 0.6 is 0 Å². The quantitative estimate of drug-likeness (QED) is 0.568. The van der Waals surface area contributed by atoms with Crippen LogP contribution in [0.15, 0.2) is 0 Å². The fourth-order valence-electron chi connectivity index (χ4n) is 0.577. The van der Waals surface area contributed by atoms with Crippen LogP contribution in [-0.2, 0) is 14.3 Å². The van der Waals surface area contributed by atoms with Crippen molar-refractivity contribution in [2.75, 3.05) is 7.11 Å². The molecule has 0 radical (unpaired) electrons. The summed E-state index contributed by atoms with van der Waals surface area (Å²) in [7, 11) is 0.254. The van der Waals surface area contributed by atoms with Crippen LogP contribution in [0, 0.1) is 0 Å². The number of esters is 1. The number of rotatable bonds is 3. The summed E-state index contributed by atoms with van der Waals surface area (Å²) in [6.45, 7) is 0. The Hall–Kier alpha value is -1.35. The second-order valence-electron chi connectivity index (χ2n) is 2.47. The van der Waals surface area contributed by atoms with E-state index in [4.69, 9.17) is 0 Å². The van der Waals surface area contributed by atoms with Crippen LogP contribution in [0.4, 0.5) is 30.7 Å². The van der Waals surface area contributed by atoms with Gasteiger partial charge in [0.15, 0.2) is 0 Å². The molecule has 0 aliphatic heterocycles. The summed E-state index contributed by atoms with van der Waals surface area (Å²) in [5.74, 6) is -19.0. The number of halogens is 7. The van der Waals surface area contributed by atoms with Gasteiger partial charge in [-0.2, -0.15) is 30.7 Å². The lowest BCUT2D eigenvalue weighted by Crippen LogP contribution is -2.56. The summed E-state index contributed by atoms with van der Waals surface area (Å²) in [4.78, 5) is 20.1. The van der Waals surface area contributed by atoms with Gasteiger partial charge in [-0.25, -0.2) is 4.79 Å². The lowest BCUT2D eigenvalue weighted by atomic mass is 10.1. The molecule has 0 aromatic heterocycles. The number of carbonyl (C=O) groups is 2. The van der Waals surface area contributed by atoms with Gasteiger partial charge in [0, 0.05) is 0 Å². The molecule has 0 fully saturated rings. The highest BCUT2D eigenvalue weighted by atomic mass is 19.4. The van der Waals surface area contributed by atoms with E-state index in [2.05, 4.69) is 4.74 Å². The van der Waals surface area contributed by atoms with Gasteiger partial charge < -0.3 is 4.74 Å². The van der Waals surface area contributed by atoms with E-state index < -0.39 is 29.8 Å². The van der Waals surface area contributed by atoms with Crippen LogP contribution in [0.3, 0.4) is 0 Å². The highest BCUT2D eigenvalue weighted by Crippen LogP contribution is 2.40. The fraction of sp³-hybridized carbons (Fsp3) is 0.667. The van der Waals surface area contributed by atoms with Crippen LogP contribution in [0.5, 0.6) is 0 Å². The van der Waals surface area contributed by atoms with E-state index in [0.717, 1.165) is 0 Å². The van der Waals surface area contributed by atoms with Crippen molar-refractivity contribution in [3.63, 3.8) is 0 Å². The Morgan fingerprint density at radius 3 is 1.50 bits per heavy atom. The predicted octanol–water partition coefficient (Wildman–Crippen LogP) is 1.56. The maximum absolute atomic E-state index is 12.4. The van der Waals surface area contributed by atoms with E-state index in [1.807, 2.05) is 0 Å². The molecule has 0 unspecified atom stereocenters. The van der Waals surface area contributed by atoms with Crippen molar-refractivity contribution in [1.82, 2.24) is 0 Å². The Kier molecular flexibility index (Phi) is 3.58. The second-order valence-corrected chi connectivity index (χ2v) is 2.47. The lowest BCUT2D eigenvalue weighted by Gasteiger charge is -2.23. The summed E-state index contributed by atoms with van der Waals surface area (Å²) in [6.07, 6.45) is -6.19. The highest BCUT2D eigenvalue weighted by Gasteiger charge is 2.73. The van der Waals surface area contributed by atoms with Gasteiger partial charge in [0.1, 0.15) is 0 Å². The topological polar surface area (TPSA) is 43.4 Å². The minimum atomic E-state index is -6.21. The molecule has 3 nitrogen and oxygen atoms in total. The van der Waals surface area contributed by atoms with Gasteiger partial charge >= 0.3 is 29.8 Å². The summed E-state index contributed by atoms with van der Waals surface area (Å²) in [6, 6.07) is 0. The molecule has 0 amide bonds. The fourth-order valence-corrected chi connectivity index (χ4v) is 0.577. The maximum atomic E-state index is 12.4. The molecule has 0 bridgehead atoms. The van der Waals surface area contributed by atoms with Crippen LogP contribution in [0.25, 0.3) is 0 Å². The molecule has 0 aromatic carbocycles. The molecular formula is C6H3F7O3. The predicted molar refractivity (Wildman–Crippen MR) is 33.0 cm³/mol. The number of ether oxygens (including phenoxy) is 1. The van der Waals surface area contributed by atoms with Crippen LogP contribution in [-0.4, -0.2) is 36.9 Å². The Bertz CT molecular complexity index is 306. The maximum Gasteiger partial charge on any atom is 0.456 e. The Morgan fingerprint density at radius 2 is 1.25 bits per heavy atom. The molecule has 0 aliphatic carbocycles. The molecule has 0 aliphatic rings. The first-order valence-electron chi connectivity index (χ1n) is 3.34. The van der Waals surface area contributed by atoms with Crippen molar-refractivity contribution in [2.24, 2.45) is 0 Å². The monoisotopic (exact) mass is 256 g/mol. The van der Waals surface area contributed by atoms with Crippen molar-refractivity contribution >= 4 is 11.8 Å². The average molecular weight is 256 g/mol. The number of hydrogen-bond donors (Lipinski definition) is 0. The smallest absolute Gasteiger partial charge is 0.456 e. The summed E-state index contributed by atoms with van der Waals surface area (Å²) in [5.41, 5.74) is 0. The van der Waals surface area contributed by atoms with Crippen LogP contribution < -0.4 is 0 Å². The van der Waals surface area contributed by atoms with Crippen molar-refractivity contribution in [2.45, 2.75) is 18.0 Å². The van der Waals surface area contributed by atoms with Crippen LogP contribution in [0.1, 0.15) is 0 Å². The molecule has 10 heteroatoms. The number of methoxy groups -OCH3 is 1. The number of Topliss-reactive ketones (excluding diaryl/α,β-unsaturated/α-hetero) is 1. The van der Waals surface area contributed by atoms with Gasteiger partial charge in [0.25, 0.3) is 0 Å². The van der Waals surface area contributed by atoms with Crippen molar-refractivity contribution in [3.05, 3.63) is 0 Å². The summed E-state index contributed by atoms with van der Waals surface area (Å²) in [5, 5.41) is 0. The molecule has 0 atom stereocenters. The van der Waals surface area contributed by atoms with Gasteiger partial charge in [-0.3, -0.25) is 4.79 Å². The zero-order chi connectivity index (χ0) is 13.4. The lowest BCUT2D eigenvalue weighted by molar-refractivity contribution is -0.243. The van der Waals surface area contributed by atoms with Gasteiger partial charge in [-0.1, -0.05) is 0 Å². The number of carbonyl (C=O) groups excluding carboxylic acids is 2. The van der Waals surface area contributed by atoms with Crippen molar-refractivity contribution in [1.29, 1.82) is 0 Å². The molecule has 0 aromatic rings. The van der Waals surface area contributed by atoms with Crippen molar-refractivity contribution in [3.8, 4) is 0 Å². The molecular weight excluding hydrogens is 253 g/mol. The zero-order valence-electron chi connectivity index (χ0n) is 7.37. The molecule has 16 heavy (non-hydrogen) atoms. The first-order valence-corrected chi connectivity index (χ1v) is 3.34. The molecule has 0 saturated heterocycles. The minimum Gasteiger partial charge on any atom is -0.464 e. The average Bonchev–Trinajstić information content (AvgIpc) is 2.13. The first-order chi connectivity index (χ1) is 6.89. The highest BCUT2D eigenvalue weighted by molar-refractivity contribution is 5.97. The van der Waals surface area contributed by atoms with E-state index in [-0.39, 0.29) is 7.11 Å². The molecule has 94 valence electrons. The van der Waals surface area contributed by atoms with E-state index >= 15 is 0 Å². The number of ketones is 1. The van der Waals surface area contributed by atoms with Gasteiger partial charge in [-0.05, 0) is 0 Å². The van der Waals surface area contributed by atoms with E-state index in [0.29, 0.717) is 0 Å². The summed E-state index contributed by atoms with van der Waals surface area (Å²) < 4.78 is 87.4. The largest absolute Gasteiger partial charge is 0.464 e. The molecule has 0 N–H and O–H groups in total. The Morgan fingerprint density at radius 1 is 0.875 bits per heavy atom. The minimum absolute atomic E-state index is 0.254. The molecule has 0 saturated carbocycles. The van der Waals surface area contributed by atoms with Gasteiger partial charge in [0.05, 0.1) is 7.11 Å². The first kappa shape index (κ1) is 14.7. The standard InChI is InChI=1S/C6H3F7O3/c1-16-3(15)5(9,10)4(7,8)2(14)6(11,12)13/h1H3. The normalized spacial score (nSPS) is 13.5. The van der Waals surface area contributed by atoms with E-state index in [1.165, 1.54) is 0 Å². The van der Waals surface area contributed by atoms with E-state index in [9.17, 15) is 40.3 Å². The zero-order valence-corrected chi connectivity index (χ0v) is 7.37. The molecule has 0 spiro atoms. The third kappa shape index (κ3) is 2.25. The van der Waals surface area contributed by atoms with Gasteiger partial charge in [-0.15, -0.1) is 0 Å². The third-order valence-corrected chi connectivity index (χ3v) is 1.38.